The van der Waals surface area contributed by atoms with Gasteiger partial charge >= 0.3 is 17.7 Å². The Balaban J connectivity index is 2.29. The Labute approximate surface area is 175 Å². The van der Waals surface area contributed by atoms with Gasteiger partial charge in [0.05, 0.1) is 32.4 Å². The van der Waals surface area contributed by atoms with Gasteiger partial charge in [0.15, 0.2) is 0 Å². The summed E-state index contributed by atoms with van der Waals surface area (Å²) in [6, 6.07) is 0.160. The fraction of sp³-hybridized carbons (Fsp3) is 0.267. The molecule has 1 aromatic heterocycles. The van der Waals surface area contributed by atoms with Crippen LogP contribution in [0.3, 0.4) is 0 Å². The lowest BCUT2D eigenvalue weighted by Gasteiger charge is -2.39. The number of anilines is 1. The molecule has 2 aromatic rings. The molecule has 3 rings (SSSR count). The Hall–Kier alpha value is -2.37. The number of carbonyl (C=O) groups is 2. The predicted molar refractivity (Wildman–Crippen MR) is 104 cm³/mol. The number of amides is 1. The molecule has 1 aliphatic rings. The first-order valence-electron chi connectivity index (χ1n) is 7.71. The highest BCUT2D eigenvalue weighted by molar-refractivity contribution is 9.10. The first kappa shape index (κ1) is 20.4. The van der Waals surface area contributed by atoms with Crippen molar-refractivity contribution < 1.29 is 24.7 Å². The number of hydrogen-bond donors (Lipinski definition) is 2. The average Bonchev–Trinajstić information content (AvgIpc) is 2.64. The molecule has 1 atom stereocenters. The van der Waals surface area contributed by atoms with E-state index in [1.807, 2.05) is 0 Å². The highest BCUT2D eigenvalue weighted by Gasteiger charge is 2.39. The van der Waals surface area contributed by atoms with Crippen molar-refractivity contribution in [1.82, 2.24) is 9.88 Å². The molecule has 0 aliphatic carbocycles. The summed E-state index contributed by atoms with van der Waals surface area (Å²) in [7, 11) is 0. The van der Waals surface area contributed by atoms with E-state index in [2.05, 4.69) is 20.9 Å². The summed E-state index contributed by atoms with van der Waals surface area (Å²) in [6.45, 7) is -0.497. The molecule has 1 amide bonds. The number of aliphatic carboxylic acids is 1. The first-order valence-corrected chi connectivity index (χ1v) is 9.26. The van der Waals surface area contributed by atoms with Crippen LogP contribution in [-0.4, -0.2) is 62.8 Å². The van der Waals surface area contributed by atoms with Crippen LogP contribution in [0.25, 0.3) is 10.9 Å². The van der Waals surface area contributed by atoms with Gasteiger partial charge in [-0.25, -0.2) is 14.6 Å². The molecule has 10 nitrogen and oxygen atoms in total. The van der Waals surface area contributed by atoms with E-state index in [1.54, 1.807) is 0 Å². The Morgan fingerprint density at radius 2 is 1.96 bits per heavy atom. The number of aromatic nitrogens is 1. The lowest BCUT2D eigenvalue weighted by molar-refractivity contribution is -0.384. The van der Waals surface area contributed by atoms with Crippen LogP contribution in [0.4, 0.5) is 16.2 Å². The fourth-order valence-corrected chi connectivity index (χ4v) is 4.06. The second-order valence-corrected chi connectivity index (χ2v) is 7.52. The molecular weight excluding hydrogens is 483 g/mol. The average molecular weight is 494 g/mol. The van der Waals surface area contributed by atoms with E-state index in [4.69, 9.17) is 23.2 Å². The lowest BCUT2D eigenvalue weighted by Crippen LogP contribution is -2.58. The molecule has 28 heavy (non-hydrogen) atoms. The van der Waals surface area contributed by atoms with Crippen molar-refractivity contribution in [3.63, 3.8) is 0 Å². The van der Waals surface area contributed by atoms with E-state index < -0.39 is 28.7 Å². The Morgan fingerprint density at radius 3 is 2.54 bits per heavy atom. The molecule has 148 valence electrons. The van der Waals surface area contributed by atoms with Crippen molar-refractivity contribution in [2.75, 3.05) is 24.5 Å². The van der Waals surface area contributed by atoms with Gasteiger partial charge in [0, 0.05) is 17.6 Å². The van der Waals surface area contributed by atoms with Crippen molar-refractivity contribution in [1.29, 1.82) is 0 Å². The molecule has 0 bridgehead atoms. The van der Waals surface area contributed by atoms with Crippen LogP contribution in [0, 0.1) is 10.1 Å². The van der Waals surface area contributed by atoms with Gasteiger partial charge in [-0.05, 0) is 22.0 Å². The van der Waals surface area contributed by atoms with Crippen LogP contribution >= 0.6 is 39.1 Å². The molecule has 13 heteroatoms. The summed E-state index contributed by atoms with van der Waals surface area (Å²) in [6.07, 6.45) is -0.262. The molecule has 0 radical (unpaired) electrons. The highest BCUT2D eigenvalue weighted by atomic mass is 79.9. The van der Waals surface area contributed by atoms with Crippen LogP contribution in [0.1, 0.15) is 0 Å². The zero-order chi connectivity index (χ0) is 20.7. The standard InChI is InChI=1S/C15H11BrCl2N4O6/c16-6-3-7-10(12(18)11(6)17)13(8(4-19-7)22(27)28)21-2-1-20(15(25)26)5-9(21)14(23)24/h3-4,9H,1-2,5H2,(H,23,24)(H,25,26)/t9-/m1/s1. The van der Waals surface area contributed by atoms with E-state index in [0.717, 1.165) is 11.1 Å². The van der Waals surface area contributed by atoms with Gasteiger partial charge in [-0.2, -0.15) is 0 Å². The summed E-state index contributed by atoms with van der Waals surface area (Å²) < 4.78 is 0.421. The number of carboxylic acids is 1. The maximum absolute atomic E-state index is 11.8. The monoisotopic (exact) mass is 492 g/mol. The highest BCUT2D eigenvalue weighted by Crippen LogP contribution is 2.45. The molecule has 2 N–H and O–H groups in total. The van der Waals surface area contributed by atoms with Crippen LogP contribution in [-0.2, 0) is 4.79 Å². The van der Waals surface area contributed by atoms with Gasteiger partial charge in [-0.15, -0.1) is 0 Å². The molecule has 0 saturated carbocycles. The minimum atomic E-state index is -1.35. The van der Waals surface area contributed by atoms with Crippen LogP contribution in [0.2, 0.25) is 10.0 Å². The quantitative estimate of drug-likeness (QED) is 0.376. The number of piperazine rings is 1. The number of benzene rings is 1. The van der Waals surface area contributed by atoms with Gasteiger partial charge in [0.1, 0.15) is 17.9 Å². The molecular formula is C15H11BrCl2N4O6. The third kappa shape index (κ3) is 3.40. The van der Waals surface area contributed by atoms with Crippen LogP contribution in [0.15, 0.2) is 16.7 Å². The summed E-state index contributed by atoms with van der Waals surface area (Å²) in [5.41, 5.74) is -0.249. The number of hydrogen-bond acceptors (Lipinski definition) is 6. The second kappa shape index (κ2) is 7.57. The number of pyridine rings is 1. The zero-order valence-corrected chi connectivity index (χ0v) is 16.9. The third-order valence-electron chi connectivity index (χ3n) is 4.37. The predicted octanol–water partition coefficient (Wildman–Crippen LogP) is 3.47. The van der Waals surface area contributed by atoms with E-state index >= 15 is 0 Å². The molecule has 1 aliphatic heterocycles. The third-order valence-corrected chi connectivity index (χ3v) is 6.09. The van der Waals surface area contributed by atoms with Crippen molar-refractivity contribution in [2.45, 2.75) is 6.04 Å². The summed E-state index contributed by atoms with van der Waals surface area (Å²) in [5, 5.41) is 30.6. The topological polar surface area (TPSA) is 137 Å². The summed E-state index contributed by atoms with van der Waals surface area (Å²) >= 11 is 15.7. The minimum Gasteiger partial charge on any atom is -0.480 e. The number of fused-ring (bicyclic) bond motifs is 1. The molecule has 0 spiro atoms. The number of halogens is 3. The van der Waals surface area contributed by atoms with E-state index in [1.165, 1.54) is 11.0 Å². The zero-order valence-electron chi connectivity index (χ0n) is 13.8. The van der Waals surface area contributed by atoms with Gasteiger partial charge in [-0.3, -0.25) is 10.1 Å². The SMILES string of the molecule is O=C(O)[C@H]1CN(C(=O)O)CCN1c1c([N+](=O)[O-])cnc2cc(Br)c(Cl)c(Cl)c12. The van der Waals surface area contributed by atoms with Gasteiger partial charge in [-0.1, -0.05) is 23.2 Å². The molecule has 1 aromatic carbocycles. The number of nitrogens with zero attached hydrogens (tertiary/aromatic N) is 4. The fourth-order valence-electron chi connectivity index (χ4n) is 3.09. The largest absolute Gasteiger partial charge is 0.480 e. The summed E-state index contributed by atoms with van der Waals surface area (Å²) in [4.78, 5) is 40.2. The lowest BCUT2D eigenvalue weighted by atomic mass is 10.1. The molecule has 0 unspecified atom stereocenters. The van der Waals surface area contributed by atoms with Crippen LogP contribution in [0.5, 0.6) is 0 Å². The molecule has 1 fully saturated rings. The second-order valence-electron chi connectivity index (χ2n) is 5.91. The summed E-state index contributed by atoms with van der Waals surface area (Å²) in [5.74, 6) is -1.33. The van der Waals surface area contributed by atoms with E-state index in [-0.39, 0.29) is 46.3 Å². The van der Waals surface area contributed by atoms with E-state index in [0.29, 0.717) is 4.47 Å². The van der Waals surface area contributed by atoms with E-state index in [9.17, 15) is 29.9 Å². The maximum Gasteiger partial charge on any atom is 0.407 e. The maximum atomic E-state index is 11.8. The van der Waals surface area contributed by atoms with Crippen molar-refractivity contribution in [3.05, 3.63) is 36.9 Å². The van der Waals surface area contributed by atoms with Crippen LogP contribution < -0.4 is 4.90 Å². The Kier molecular flexibility index (Phi) is 5.50. The number of nitro groups is 1. The molecule has 1 saturated heterocycles. The number of carboxylic acid groups (broad SMARTS) is 2. The minimum absolute atomic E-state index is 0.0259. The number of rotatable bonds is 3. The van der Waals surface area contributed by atoms with Gasteiger partial charge in [0.25, 0.3) is 0 Å². The smallest absolute Gasteiger partial charge is 0.407 e. The Morgan fingerprint density at radius 1 is 1.29 bits per heavy atom. The van der Waals surface area contributed by atoms with Crippen molar-refractivity contribution in [3.8, 4) is 0 Å². The normalized spacial score (nSPS) is 17.0. The van der Waals surface area contributed by atoms with Gasteiger partial charge in [0.2, 0.25) is 0 Å². The Bertz CT molecular complexity index is 1020. The van der Waals surface area contributed by atoms with Gasteiger partial charge < -0.3 is 20.0 Å². The van der Waals surface area contributed by atoms with Crippen molar-refractivity contribution in [2.24, 2.45) is 0 Å². The van der Waals surface area contributed by atoms with Crippen molar-refractivity contribution >= 4 is 73.5 Å². The molecule has 2 heterocycles. The first-order chi connectivity index (χ1) is 13.1.